The van der Waals surface area contributed by atoms with Gasteiger partial charge in [0.05, 0.1) is 41.4 Å². The molecule has 3 heterocycles. The minimum absolute atomic E-state index is 0.0680. The number of rotatable bonds is 5. The van der Waals surface area contributed by atoms with Crippen molar-refractivity contribution in [3.63, 3.8) is 0 Å². The number of nitrogens with two attached hydrogens (primary N) is 2. The second-order valence-corrected chi connectivity index (χ2v) is 9.28. The maximum atomic E-state index is 13.2. The summed E-state index contributed by atoms with van der Waals surface area (Å²) >= 11 is 0. The Kier molecular flexibility index (Phi) is 6.16. The number of benzene rings is 1. The number of primary amides is 2. The third kappa shape index (κ3) is 4.27. The third-order valence-corrected chi connectivity index (χ3v) is 6.99. The zero-order valence-electron chi connectivity index (χ0n) is 20.2. The van der Waals surface area contributed by atoms with Gasteiger partial charge in [-0.05, 0) is 44.4 Å². The van der Waals surface area contributed by atoms with E-state index in [4.69, 9.17) is 26.0 Å². The summed E-state index contributed by atoms with van der Waals surface area (Å²) in [6.07, 6.45) is -0.0690. The Hall–Kier alpha value is -4.29. The molecule has 1 saturated carbocycles. The van der Waals surface area contributed by atoms with Gasteiger partial charge in [0.15, 0.2) is 0 Å². The van der Waals surface area contributed by atoms with Crippen LogP contribution in [0.1, 0.15) is 31.7 Å². The Labute approximate surface area is 215 Å². The minimum atomic E-state index is -5.31. The molecule has 1 atom stereocenters. The number of hydrogen-bond acceptors (Lipinski definition) is 8. The maximum Gasteiger partial charge on any atom is 0.493 e. The van der Waals surface area contributed by atoms with Crippen LogP contribution in [0.2, 0.25) is 0 Å². The van der Waals surface area contributed by atoms with Crippen LogP contribution < -0.4 is 16.2 Å². The van der Waals surface area contributed by atoms with Crippen molar-refractivity contribution in [1.29, 1.82) is 0 Å². The van der Waals surface area contributed by atoms with E-state index >= 15 is 0 Å². The molecule has 0 aromatic heterocycles. The van der Waals surface area contributed by atoms with E-state index in [0.717, 1.165) is 31.0 Å². The number of nitrogens with zero attached hydrogens (tertiary/aromatic N) is 3. The SMILES string of the molecule is CC1=C2C(C=C(C(N)=O)N1C1CCC1)C(=Nc1cccc3c1CCO3)C(C(N)=O)=CN2OC(=O)C(F)(F)F. The highest BCUT2D eigenvalue weighted by Gasteiger charge is 2.47. The van der Waals surface area contributed by atoms with Crippen LogP contribution >= 0.6 is 0 Å². The standard InChI is InChI=1S/C25H24F3N5O5/c1-12-21-15(10-18(23(30)35)33(12)13-4-2-5-13)20(31-17-6-3-7-19-14(17)8-9-37-19)16(22(29)34)11-32(21)38-24(36)25(26,27)28/h3,6-7,10-11,13,15H,2,4-5,8-9H2,1H3,(H2,29,34)(H2,30,35). The molecule has 1 aromatic rings. The number of halogens is 3. The number of fused-ring (bicyclic) bond motifs is 2. The fourth-order valence-corrected chi connectivity index (χ4v) is 5.06. The summed E-state index contributed by atoms with van der Waals surface area (Å²) in [6, 6.07) is 5.06. The second kappa shape index (κ2) is 9.23. The Morgan fingerprint density at radius 2 is 1.89 bits per heavy atom. The van der Waals surface area contributed by atoms with Gasteiger partial charge in [-0.15, -0.1) is 0 Å². The lowest BCUT2D eigenvalue weighted by atomic mass is 9.83. The van der Waals surface area contributed by atoms with Crippen molar-refractivity contribution in [3.8, 4) is 5.75 Å². The molecule has 0 saturated heterocycles. The average molecular weight is 531 g/mol. The molecule has 5 rings (SSSR count). The van der Waals surface area contributed by atoms with Gasteiger partial charge in [0, 0.05) is 23.7 Å². The quantitative estimate of drug-likeness (QED) is 0.595. The maximum absolute atomic E-state index is 13.2. The zero-order chi connectivity index (χ0) is 27.4. The number of carbonyl (C=O) groups is 3. The highest BCUT2D eigenvalue weighted by molar-refractivity contribution is 6.24. The first-order chi connectivity index (χ1) is 18.0. The fourth-order valence-electron chi connectivity index (χ4n) is 5.06. The normalized spacial score (nSPS) is 22.2. The third-order valence-electron chi connectivity index (χ3n) is 6.99. The number of hydroxylamine groups is 2. The summed E-state index contributed by atoms with van der Waals surface area (Å²) in [4.78, 5) is 48.0. The molecule has 200 valence electrons. The van der Waals surface area contributed by atoms with Crippen LogP contribution in [0.25, 0.3) is 0 Å². The summed E-state index contributed by atoms with van der Waals surface area (Å²) < 4.78 is 45.1. The number of aliphatic imine (C=N–C) groups is 1. The summed E-state index contributed by atoms with van der Waals surface area (Å²) in [5, 5.41) is 0.591. The largest absolute Gasteiger partial charge is 0.493 e. The van der Waals surface area contributed by atoms with Crippen molar-refractivity contribution in [2.75, 3.05) is 6.61 Å². The van der Waals surface area contributed by atoms with Crippen molar-refractivity contribution in [1.82, 2.24) is 9.96 Å². The topological polar surface area (TPSA) is 141 Å². The Bertz CT molecular complexity index is 1360. The van der Waals surface area contributed by atoms with Crippen LogP contribution in [0.5, 0.6) is 5.75 Å². The second-order valence-electron chi connectivity index (χ2n) is 9.28. The number of ether oxygens (including phenoxy) is 1. The Morgan fingerprint density at radius 3 is 2.50 bits per heavy atom. The molecule has 1 unspecified atom stereocenters. The molecular formula is C25H24F3N5O5. The van der Waals surface area contributed by atoms with Crippen LogP contribution in [0.4, 0.5) is 18.9 Å². The van der Waals surface area contributed by atoms with E-state index in [9.17, 15) is 27.6 Å². The van der Waals surface area contributed by atoms with E-state index in [1.54, 1.807) is 30.0 Å². The summed E-state index contributed by atoms with van der Waals surface area (Å²) in [5.41, 5.74) is 12.9. The fraction of sp³-hybridized carbons (Fsp3) is 0.360. The number of hydrogen-bond donors (Lipinski definition) is 2. The van der Waals surface area contributed by atoms with Gasteiger partial charge >= 0.3 is 12.1 Å². The molecule has 1 fully saturated rings. The first-order valence-electron chi connectivity index (χ1n) is 11.9. The molecular weight excluding hydrogens is 507 g/mol. The molecule has 0 bridgehead atoms. The van der Waals surface area contributed by atoms with E-state index in [1.807, 2.05) is 0 Å². The van der Waals surface area contributed by atoms with Gasteiger partial charge in [-0.2, -0.15) is 18.2 Å². The molecule has 4 N–H and O–H groups in total. The van der Waals surface area contributed by atoms with Gasteiger partial charge in [-0.25, -0.2) is 4.79 Å². The predicted molar refractivity (Wildman–Crippen MR) is 127 cm³/mol. The van der Waals surface area contributed by atoms with Crippen molar-refractivity contribution in [2.24, 2.45) is 22.4 Å². The lowest BCUT2D eigenvalue weighted by Gasteiger charge is -2.46. The van der Waals surface area contributed by atoms with E-state index in [0.29, 0.717) is 35.2 Å². The molecule has 1 aliphatic carbocycles. The highest BCUT2D eigenvalue weighted by Crippen LogP contribution is 2.43. The molecule has 2 amide bonds. The molecule has 0 spiro atoms. The zero-order valence-corrected chi connectivity index (χ0v) is 20.2. The summed E-state index contributed by atoms with van der Waals surface area (Å²) in [7, 11) is 0. The summed E-state index contributed by atoms with van der Waals surface area (Å²) in [5.74, 6) is -4.74. The highest BCUT2D eigenvalue weighted by atomic mass is 19.4. The van der Waals surface area contributed by atoms with Gasteiger partial charge < -0.3 is 25.9 Å². The van der Waals surface area contributed by atoms with Gasteiger partial charge in [0.2, 0.25) is 0 Å². The lowest BCUT2D eigenvalue weighted by Crippen LogP contribution is -2.49. The average Bonchev–Trinajstić information content (AvgIpc) is 3.29. The molecule has 1 aromatic carbocycles. The van der Waals surface area contributed by atoms with Crippen molar-refractivity contribution in [3.05, 3.63) is 58.7 Å². The molecule has 13 heteroatoms. The first kappa shape index (κ1) is 25.4. The monoisotopic (exact) mass is 531 g/mol. The van der Waals surface area contributed by atoms with E-state index in [1.165, 1.54) is 6.08 Å². The predicted octanol–water partition coefficient (Wildman–Crippen LogP) is 2.48. The van der Waals surface area contributed by atoms with Gasteiger partial charge in [-0.3, -0.25) is 14.6 Å². The number of carbonyl (C=O) groups excluding carboxylic acids is 3. The van der Waals surface area contributed by atoms with Crippen molar-refractivity contribution >= 4 is 29.2 Å². The van der Waals surface area contributed by atoms with Crippen LogP contribution in [0.15, 0.2) is 58.1 Å². The molecule has 38 heavy (non-hydrogen) atoms. The van der Waals surface area contributed by atoms with Crippen molar-refractivity contribution < 1.29 is 37.1 Å². The van der Waals surface area contributed by atoms with Crippen LogP contribution in [0, 0.1) is 5.92 Å². The van der Waals surface area contributed by atoms with Crippen LogP contribution in [-0.2, 0) is 25.6 Å². The van der Waals surface area contributed by atoms with Gasteiger partial charge in [-0.1, -0.05) is 6.07 Å². The summed E-state index contributed by atoms with van der Waals surface area (Å²) in [6.45, 7) is 2.02. The number of alkyl halides is 3. The van der Waals surface area contributed by atoms with E-state index in [2.05, 4.69) is 0 Å². The first-order valence-corrected chi connectivity index (χ1v) is 11.9. The minimum Gasteiger partial charge on any atom is -0.493 e. The Morgan fingerprint density at radius 1 is 1.16 bits per heavy atom. The molecule has 3 aliphatic heterocycles. The van der Waals surface area contributed by atoms with Crippen LogP contribution in [0.3, 0.4) is 0 Å². The van der Waals surface area contributed by atoms with Gasteiger partial charge in [0.1, 0.15) is 11.4 Å². The Balaban J connectivity index is 1.73. The van der Waals surface area contributed by atoms with E-state index < -0.39 is 29.9 Å². The smallest absolute Gasteiger partial charge is 0.493 e. The van der Waals surface area contributed by atoms with E-state index in [-0.39, 0.29) is 28.7 Å². The molecule has 4 aliphatic rings. The molecule has 0 radical (unpaired) electrons. The lowest BCUT2D eigenvalue weighted by molar-refractivity contribution is -0.225. The van der Waals surface area contributed by atoms with Crippen molar-refractivity contribution in [2.45, 2.75) is 44.8 Å². The number of allylic oxidation sites excluding steroid dienone is 2. The van der Waals surface area contributed by atoms with Crippen LogP contribution in [-0.4, -0.2) is 52.3 Å². The number of amides is 2. The molecule has 10 nitrogen and oxygen atoms in total. The van der Waals surface area contributed by atoms with Gasteiger partial charge in [0.25, 0.3) is 11.8 Å².